The summed E-state index contributed by atoms with van der Waals surface area (Å²) in [6.07, 6.45) is 1.45. The average molecular weight is 238 g/mol. The van der Waals surface area contributed by atoms with Gasteiger partial charge in [0.1, 0.15) is 0 Å². The molecule has 0 aromatic heterocycles. The van der Waals surface area contributed by atoms with Crippen molar-refractivity contribution in [3.05, 3.63) is 66.2 Å². The van der Waals surface area contributed by atoms with Gasteiger partial charge in [0.25, 0.3) is 0 Å². The van der Waals surface area contributed by atoms with Crippen molar-refractivity contribution in [3.8, 4) is 11.1 Å². The summed E-state index contributed by atoms with van der Waals surface area (Å²) in [5.74, 6) is 0. The Hall–Kier alpha value is -1.86. The maximum absolute atomic E-state index is 9.47. The lowest BCUT2D eigenvalue weighted by Gasteiger charge is -2.11. The Kier molecular flexibility index (Phi) is 3.96. The fraction of sp³-hybridized carbons (Fsp3) is 0.176. The molecule has 2 rings (SSSR count). The Morgan fingerprint density at radius 2 is 1.61 bits per heavy atom. The van der Waals surface area contributed by atoms with Gasteiger partial charge in [-0.3, -0.25) is 0 Å². The maximum atomic E-state index is 9.47. The van der Waals surface area contributed by atoms with Crippen molar-refractivity contribution in [1.29, 1.82) is 0 Å². The third kappa shape index (κ3) is 2.88. The molecule has 0 aliphatic heterocycles. The van der Waals surface area contributed by atoms with Crippen molar-refractivity contribution in [2.45, 2.75) is 20.0 Å². The van der Waals surface area contributed by atoms with Crippen molar-refractivity contribution < 1.29 is 5.11 Å². The van der Waals surface area contributed by atoms with Crippen LogP contribution in [-0.4, -0.2) is 11.2 Å². The number of allylic oxidation sites excluding steroid dienone is 1. The van der Waals surface area contributed by atoms with Gasteiger partial charge in [0.15, 0.2) is 0 Å². The molecule has 0 bridgehead atoms. The van der Waals surface area contributed by atoms with Crippen molar-refractivity contribution in [1.82, 2.24) is 0 Å². The fourth-order valence-electron chi connectivity index (χ4n) is 2.15. The molecule has 0 spiro atoms. The average Bonchev–Trinajstić information content (AvgIpc) is 2.39. The number of aliphatic hydroxyl groups is 1. The Morgan fingerprint density at radius 1 is 1.00 bits per heavy atom. The van der Waals surface area contributed by atoms with Crippen LogP contribution in [0.15, 0.2) is 60.7 Å². The van der Waals surface area contributed by atoms with Crippen LogP contribution >= 0.6 is 0 Å². The van der Waals surface area contributed by atoms with Crippen molar-refractivity contribution in [2.24, 2.45) is 0 Å². The van der Waals surface area contributed by atoms with E-state index in [9.17, 15) is 5.11 Å². The zero-order valence-electron chi connectivity index (χ0n) is 10.8. The van der Waals surface area contributed by atoms with Crippen LogP contribution in [0.25, 0.3) is 16.7 Å². The summed E-state index contributed by atoms with van der Waals surface area (Å²) in [7, 11) is 0. The molecular formula is C17H18O. The second kappa shape index (κ2) is 5.65. The van der Waals surface area contributed by atoms with Gasteiger partial charge in [0.05, 0.1) is 6.10 Å². The number of benzene rings is 2. The standard InChI is InChI=1S/C17H18O/c1-13(12-14(2)18)16-10-6-7-11-17(16)15-8-4-3-5-9-15/h3-12,14,18H,1-2H3. The molecule has 0 radical (unpaired) electrons. The third-order valence-electron chi connectivity index (χ3n) is 2.93. The van der Waals surface area contributed by atoms with Crippen LogP contribution in [0.5, 0.6) is 0 Å². The van der Waals surface area contributed by atoms with Gasteiger partial charge in [-0.2, -0.15) is 0 Å². The van der Waals surface area contributed by atoms with E-state index in [1.807, 2.05) is 43.3 Å². The first kappa shape index (κ1) is 12.6. The lowest BCUT2D eigenvalue weighted by Crippen LogP contribution is -1.95. The molecule has 2 aromatic carbocycles. The predicted octanol–water partition coefficient (Wildman–Crippen LogP) is 4.14. The molecule has 92 valence electrons. The fourth-order valence-corrected chi connectivity index (χ4v) is 2.15. The van der Waals surface area contributed by atoms with Crippen LogP contribution in [-0.2, 0) is 0 Å². The van der Waals surface area contributed by atoms with Crippen LogP contribution in [0.2, 0.25) is 0 Å². The van der Waals surface area contributed by atoms with E-state index in [2.05, 4.69) is 24.3 Å². The van der Waals surface area contributed by atoms with Crippen LogP contribution in [0.1, 0.15) is 19.4 Å². The molecule has 1 unspecified atom stereocenters. The quantitative estimate of drug-likeness (QED) is 0.852. The van der Waals surface area contributed by atoms with Gasteiger partial charge in [-0.25, -0.2) is 0 Å². The highest BCUT2D eigenvalue weighted by molar-refractivity contribution is 5.80. The highest BCUT2D eigenvalue weighted by atomic mass is 16.3. The van der Waals surface area contributed by atoms with Crippen molar-refractivity contribution >= 4 is 5.57 Å². The van der Waals surface area contributed by atoms with Gasteiger partial charge in [-0.05, 0) is 36.1 Å². The highest BCUT2D eigenvalue weighted by Gasteiger charge is 2.06. The van der Waals surface area contributed by atoms with Gasteiger partial charge in [-0.15, -0.1) is 0 Å². The van der Waals surface area contributed by atoms with Crippen molar-refractivity contribution in [2.75, 3.05) is 0 Å². The summed E-state index contributed by atoms with van der Waals surface area (Å²) in [4.78, 5) is 0. The van der Waals surface area contributed by atoms with Crippen LogP contribution < -0.4 is 0 Å². The zero-order valence-corrected chi connectivity index (χ0v) is 10.8. The van der Waals surface area contributed by atoms with Gasteiger partial charge in [-0.1, -0.05) is 60.7 Å². The molecule has 1 N–H and O–H groups in total. The molecule has 0 fully saturated rings. The molecule has 0 amide bonds. The number of aliphatic hydroxyl groups excluding tert-OH is 1. The number of rotatable bonds is 3. The topological polar surface area (TPSA) is 20.2 Å². The van der Waals surface area contributed by atoms with E-state index >= 15 is 0 Å². The molecular weight excluding hydrogens is 220 g/mol. The first-order chi connectivity index (χ1) is 8.68. The lowest BCUT2D eigenvalue weighted by molar-refractivity contribution is 0.244. The van der Waals surface area contributed by atoms with E-state index in [1.165, 1.54) is 16.7 Å². The summed E-state index contributed by atoms with van der Waals surface area (Å²) >= 11 is 0. The van der Waals surface area contributed by atoms with E-state index in [1.54, 1.807) is 6.92 Å². The van der Waals surface area contributed by atoms with E-state index in [4.69, 9.17) is 0 Å². The zero-order chi connectivity index (χ0) is 13.0. The van der Waals surface area contributed by atoms with Gasteiger partial charge in [0.2, 0.25) is 0 Å². The maximum Gasteiger partial charge on any atom is 0.0698 e. The first-order valence-electron chi connectivity index (χ1n) is 6.20. The van der Waals surface area contributed by atoms with Gasteiger partial charge >= 0.3 is 0 Å². The second-order valence-corrected chi connectivity index (χ2v) is 4.50. The molecule has 0 saturated heterocycles. The Morgan fingerprint density at radius 3 is 2.28 bits per heavy atom. The summed E-state index contributed by atoms with van der Waals surface area (Å²) in [6.45, 7) is 3.81. The van der Waals surface area contributed by atoms with E-state index in [0.29, 0.717) is 0 Å². The Balaban J connectivity index is 2.50. The van der Waals surface area contributed by atoms with Crippen molar-refractivity contribution in [3.63, 3.8) is 0 Å². The smallest absolute Gasteiger partial charge is 0.0698 e. The lowest BCUT2D eigenvalue weighted by atomic mass is 9.95. The summed E-state index contributed by atoms with van der Waals surface area (Å²) in [5.41, 5.74) is 4.67. The molecule has 1 nitrogen and oxygen atoms in total. The molecule has 0 heterocycles. The van der Waals surface area contributed by atoms with Gasteiger partial charge in [0, 0.05) is 0 Å². The molecule has 0 aliphatic rings. The normalized spacial score (nSPS) is 13.4. The van der Waals surface area contributed by atoms with E-state index in [-0.39, 0.29) is 0 Å². The van der Waals surface area contributed by atoms with E-state index < -0.39 is 6.10 Å². The molecule has 2 aromatic rings. The molecule has 1 heteroatoms. The highest BCUT2D eigenvalue weighted by Crippen LogP contribution is 2.28. The minimum Gasteiger partial charge on any atom is -0.389 e. The molecule has 18 heavy (non-hydrogen) atoms. The van der Waals surface area contributed by atoms with Crippen LogP contribution in [0.4, 0.5) is 0 Å². The largest absolute Gasteiger partial charge is 0.389 e. The Bertz CT molecular complexity index is 539. The first-order valence-corrected chi connectivity index (χ1v) is 6.20. The van der Waals surface area contributed by atoms with Crippen LogP contribution in [0.3, 0.4) is 0 Å². The summed E-state index contributed by atoms with van der Waals surface area (Å²) in [5, 5.41) is 9.47. The minimum atomic E-state index is -0.422. The predicted molar refractivity (Wildman–Crippen MR) is 77.2 cm³/mol. The number of hydrogen-bond acceptors (Lipinski definition) is 1. The minimum absolute atomic E-state index is 0.422. The van der Waals surface area contributed by atoms with Gasteiger partial charge < -0.3 is 5.11 Å². The number of hydrogen-bond donors (Lipinski definition) is 1. The molecule has 0 aliphatic carbocycles. The SMILES string of the molecule is CC(=CC(C)O)c1ccccc1-c1ccccc1. The summed E-state index contributed by atoms with van der Waals surface area (Å²) in [6, 6.07) is 18.6. The second-order valence-electron chi connectivity index (χ2n) is 4.50. The monoisotopic (exact) mass is 238 g/mol. The van der Waals surface area contributed by atoms with Crippen LogP contribution in [0, 0.1) is 0 Å². The molecule has 0 saturated carbocycles. The van der Waals surface area contributed by atoms with E-state index in [0.717, 1.165) is 5.57 Å². The molecule has 1 atom stereocenters. The third-order valence-corrected chi connectivity index (χ3v) is 2.93. The Labute approximate surface area is 108 Å². The summed E-state index contributed by atoms with van der Waals surface area (Å²) < 4.78 is 0.